The van der Waals surface area contributed by atoms with E-state index in [1.807, 2.05) is 0 Å². The minimum absolute atomic E-state index is 0.621. The van der Waals surface area contributed by atoms with Crippen LogP contribution in [0.2, 0.25) is 0 Å². The van der Waals surface area contributed by atoms with E-state index in [0.29, 0.717) is 12.1 Å². The van der Waals surface area contributed by atoms with Gasteiger partial charge in [0.15, 0.2) is 0 Å². The van der Waals surface area contributed by atoms with Crippen LogP contribution in [0, 0.1) is 0 Å². The molecule has 4 heteroatoms. The average Bonchev–Trinajstić information content (AvgIpc) is 2.33. The number of hydrogen-bond acceptors (Lipinski definition) is 4. The summed E-state index contributed by atoms with van der Waals surface area (Å²) in [5.41, 5.74) is 0. The Labute approximate surface area is 113 Å². The fourth-order valence-electron chi connectivity index (χ4n) is 2.26. The first kappa shape index (κ1) is 15.9. The van der Waals surface area contributed by atoms with E-state index in [9.17, 15) is 0 Å². The molecule has 0 aliphatic carbocycles. The first-order valence-corrected chi connectivity index (χ1v) is 7.41. The van der Waals surface area contributed by atoms with E-state index in [1.54, 1.807) is 0 Å². The van der Waals surface area contributed by atoms with E-state index in [-0.39, 0.29) is 0 Å². The van der Waals surface area contributed by atoms with Crippen molar-refractivity contribution in [2.45, 2.75) is 38.8 Å². The molecule has 1 saturated heterocycles. The zero-order valence-corrected chi connectivity index (χ0v) is 12.7. The van der Waals surface area contributed by atoms with Crippen LogP contribution in [-0.4, -0.2) is 75.2 Å². The minimum atomic E-state index is 0.621. The molecule has 18 heavy (non-hydrogen) atoms. The normalized spacial score (nSPS) is 32.0. The zero-order chi connectivity index (χ0) is 13.4. The fraction of sp³-hybridized carbons (Fsp3) is 1.00. The Morgan fingerprint density at radius 2 is 1.11 bits per heavy atom. The number of nitrogens with zero attached hydrogens (tertiary/aromatic N) is 2. The van der Waals surface area contributed by atoms with Gasteiger partial charge in [0.2, 0.25) is 0 Å². The Kier molecular flexibility index (Phi) is 7.82. The summed E-state index contributed by atoms with van der Waals surface area (Å²) in [6.07, 6.45) is 2.46. The molecule has 1 heterocycles. The summed E-state index contributed by atoms with van der Waals surface area (Å²) in [4.78, 5) is 4.85. The van der Waals surface area contributed by atoms with Crippen LogP contribution in [0.4, 0.5) is 0 Å². The highest BCUT2D eigenvalue weighted by Gasteiger charge is 2.08. The van der Waals surface area contributed by atoms with Gasteiger partial charge in [0.1, 0.15) is 0 Å². The summed E-state index contributed by atoms with van der Waals surface area (Å²) in [6, 6.07) is 1.24. The van der Waals surface area contributed by atoms with Crippen LogP contribution in [0.1, 0.15) is 26.7 Å². The van der Waals surface area contributed by atoms with Crippen LogP contribution < -0.4 is 10.6 Å². The summed E-state index contributed by atoms with van der Waals surface area (Å²) >= 11 is 0. The molecule has 0 bridgehead atoms. The molecule has 108 valence electrons. The van der Waals surface area contributed by atoms with Crippen LogP contribution in [0.15, 0.2) is 0 Å². The van der Waals surface area contributed by atoms with Crippen LogP contribution in [0.5, 0.6) is 0 Å². The standard InChI is InChI=1S/C14H32N4/c1-13-5-9-17(3)12-8-16-14(2)6-10-18(4)11-7-15-13/h13-16H,5-12H2,1-4H3/t13-,14-/m1/s1. The maximum Gasteiger partial charge on any atom is 0.0104 e. The van der Waals surface area contributed by atoms with Gasteiger partial charge in [-0.05, 0) is 53.9 Å². The number of nitrogens with one attached hydrogen (secondary N) is 2. The molecular weight excluding hydrogens is 224 g/mol. The van der Waals surface area contributed by atoms with Crippen molar-refractivity contribution in [2.24, 2.45) is 0 Å². The maximum atomic E-state index is 3.61. The molecular formula is C14H32N4. The van der Waals surface area contributed by atoms with Crippen molar-refractivity contribution in [3.05, 3.63) is 0 Å². The molecule has 1 fully saturated rings. The van der Waals surface area contributed by atoms with E-state index in [4.69, 9.17) is 0 Å². The van der Waals surface area contributed by atoms with Crippen LogP contribution >= 0.6 is 0 Å². The van der Waals surface area contributed by atoms with E-state index < -0.39 is 0 Å². The lowest BCUT2D eigenvalue weighted by Gasteiger charge is -2.25. The topological polar surface area (TPSA) is 30.5 Å². The third kappa shape index (κ3) is 7.31. The van der Waals surface area contributed by atoms with E-state index in [0.717, 1.165) is 26.2 Å². The van der Waals surface area contributed by atoms with Crippen molar-refractivity contribution in [3.63, 3.8) is 0 Å². The van der Waals surface area contributed by atoms with Gasteiger partial charge in [-0.1, -0.05) is 0 Å². The molecule has 2 N–H and O–H groups in total. The molecule has 0 amide bonds. The lowest BCUT2D eigenvalue weighted by molar-refractivity contribution is 0.272. The second-order valence-electron chi connectivity index (χ2n) is 5.89. The molecule has 0 unspecified atom stereocenters. The maximum absolute atomic E-state index is 3.61. The highest BCUT2D eigenvalue weighted by atomic mass is 15.1. The van der Waals surface area contributed by atoms with Gasteiger partial charge < -0.3 is 20.4 Å². The van der Waals surface area contributed by atoms with Gasteiger partial charge >= 0.3 is 0 Å². The van der Waals surface area contributed by atoms with Gasteiger partial charge in [-0.3, -0.25) is 0 Å². The molecule has 0 aromatic heterocycles. The SMILES string of the molecule is C[C@@H]1CCN(C)CCN[C@H](C)CCN(C)CCN1. The van der Waals surface area contributed by atoms with Crippen molar-refractivity contribution in [2.75, 3.05) is 53.4 Å². The number of hydrogen-bond donors (Lipinski definition) is 2. The lowest BCUT2D eigenvalue weighted by atomic mass is 10.2. The molecule has 1 rings (SSSR count). The van der Waals surface area contributed by atoms with Gasteiger partial charge in [-0.25, -0.2) is 0 Å². The Balaban J connectivity index is 2.36. The molecule has 0 radical (unpaired) electrons. The van der Waals surface area contributed by atoms with Crippen LogP contribution in [0.25, 0.3) is 0 Å². The Hall–Kier alpha value is -0.160. The summed E-state index contributed by atoms with van der Waals surface area (Å²) in [6.45, 7) is 11.4. The summed E-state index contributed by atoms with van der Waals surface area (Å²) in [7, 11) is 4.44. The second-order valence-corrected chi connectivity index (χ2v) is 5.89. The monoisotopic (exact) mass is 256 g/mol. The number of rotatable bonds is 0. The van der Waals surface area contributed by atoms with Gasteiger partial charge in [0.05, 0.1) is 0 Å². The summed E-state index contributed by atoms with van der Waals surface area (Å²) in [5.74, 6) is 0. The van der Waals surface area contributed by atoms with Crippen molar-refractivity contribution >= 4 is 0 Å². The molecule has 2 atom stereocenters. The van der Waals surface area contributed by atoms with E-state index in [1.165, 1.54) is 25.9 Å². The number of likely N-dealkylation sites (N-methyl/N-ethyl adjacent to an activating group) is 2. The van der Waals surface area contributed by atoms with Crippen molar-refractivity contribution < 1.29 is 0 Å². The molecule has 4 nitrogen and oxygen atoms in total. The lowest BCUT2D eigenvalue weighted by Crippen LogP contribution is -2.41. The molecule has 0 aromatic rings. The Bertz CT molecular complexity index is 168. The molecule has 1 aliphatic rings. The van der Waals surface area contributed by atoms with Crippen molar-refractivity contribution in [1.29, 1.82) is 0 Å². The van der Waals surface area contributed by atoms with Gasteiger partial charge in [0, 0.05) is 38.3 Å². The Morgan fingerprint density at radius 3 is 1.50 bits per heavy atom. The van der Waals surface area contributed by atoms with Gasteiger partial charge in [-0.2, -0.15) is 0 Å². The smallest absolute Gasteiger partial charge is 0.0104 e. The first-order chi connectivity index (χ1) is 8.58. The van der Waals surface area contributed by atoms with Gasteiger partial charge in [-0.15, -0.1) is 0 Å². The largest absolute Gasteiger partial charge is 0.313 e. The predicted octanol–water partition coefficient (Wildman–Crippen LogP) is 0.600. The molecule has 1 aliphatic heterocycles. The van der Waals surface area contributed by atoms with E-state index in [2.05, 4.69) is 48.4 Å². The Morgan fingerprint density at radius 1 is 0.722 bits per heavy atom. The fourth-order valence-corrected chi connectivity index (χ4v) is 2.26. The minimum Gasteiger partial charge on any atom is -0.313 e. The van der Waals surface area contributed by atoms with Crippen molar-refractivity contribution in [3.8, 4) is 0 Å². The first-order valence-electron chi connectivity index (χ1n) is 7.41. The highest BCUT2D eigenvalue weighted by molar-refractivity contribution is 4.69. The van der Waals surface area contributed by atoms with Crippen LogP contribution in [-0.2, 0) is 0 Å². The van der Waals surface area contributed by atoms with Gasteiger partial charge in [0.25, 0.3) is 0 Å². The van der Waals surface area contributed by atoms with Crippen molar-refractivity contribution in [1.82, 2.24) is 20.4 Å². The average molecular weight is 256 g/mol. The third-order valence-electron chi connectivity index (χ3n) is 3.86. The summed E-state index contributed by atoms with van der Waals surface area (Å²) in [5, 5.41) is 7.23. The van der Waals surface area contributed by atoms with E-state index >= 15 is 0 Å². The molecule has 0 spiro atoms. The molecule has 0 aromatic carbocycles. The third-order valence-corrected chi connectivity index (χ3v) is 3.86. The van der Waals surface area contributed by atoms with Crippen LogP contribution in [0.3, 0.4) is 0 Å². The second kappa shape index (κ2) is 8.86. The molecule has 0 saturated carbocycles. The zero-order valence-electron chi connectivity index (χ0n) is 12.7. The quantitative estimate of drug-likeness (QED) is 0.664. The highest BCUT2D eigenvalue weighted by Crippen LogP contribution is 1.97. The predicted molar refractivity (Wildman–Crippen MR) is 79.2 cm³/mol. The summed E-state index contributed by atoms with van der Waals surface area (Å²) < 4.78 is 0.